The van der Waals surface area contributed by atoms with E-state index in [0.29, 0.717) is 5.54 Å². The summed E-state index contributed by atoms with van der Waals surface area (Å²) in [6.07, 6.45) is 3.94. The third-order valence-electron chi connectivity index (χ3n) is 3.36. The van der Waals surface area contributed by atoms with Crippen LogP contribution >= 0.6 is 0 Å². The second-order valence-electron chi connectivity index (χ2n) is 4.58. The van der Waals surface area contributed by atoms with Crippen LogP contribution in [-0.2, 0) is 6.54 Å². The van der Waals surface area contributed by atoms with Crippen molar-refractivity contribution < 1.29 is 4.74 Å². The second kappa shape index (κ2) is 4.23. The van der Waals surface area contributed by atoms with Crippen LogP contribution in [0.25, 0.3) is 0 Å². The van der Waals surface area contributed by atoms with Crippen molar-refractivity contribution in [3.8, 4) is 5.75 Å². The fourth-order valence-electron chi connectivity index (χ4n) is 2.04. The van der Waals surface area contributed by atoms with Crippen molar-refractivity contribution in [1.82, 2.24) is 5.32 Å². The van der Waals surface area contributed by atoms with E-state index in [2.05, 4.69) is 24.4 Å². The van der Waals surface area contributed by atoms with Gasteiger partial charge in [-0.3, -0.25) is 0 Å². The molecular weight excluding hydrogens is 186 g/mol. The van der Waals surface area contributed by atoms with E-state index in [1.807, 2.05) is 12.1 Å². The number of methoxy groups -OCH3 is 1. The lowest BCUT2D eigenvalue weighted by atomic mass is 9.78. The van der Waals surface area contributed by atoms with Crippen molar-refractivity contribution in [2.24, 2.45) is 0 Å². The quantitative estimate of drug-likeness (QED) is 0.816. The predicted molar refractivity (Wildman–Crippen MR) is 62.1 cm³/mol. The number of hydrogen-bond acceptors (Lipinski definition) is 2. The van der Waals surface area contributed by atoms with Crippen LogP contribution in [0.3, 0.4) is 0 Å². The molecule has 0 unspecified atom stereocenters. The minimum Gasteiger partial charge on any atom is -0.496 e. The summed E-state index contributed by atoms with van der Waals surface area (Å²) < 4.78 is 5.32. The normalized spacial score (nSPS) is 18.3. The zero-order valence-corrected chi connectivity index (χ0v) is 9.55. The zero-order chi connectivity index (χ0) is 10.7. The molecule has 1 fully saturated rings. The number of para-hydroxylation sites is 1. The second-order valence-corrected chi connectivity index (χ2v) is 4.58. The van der Waals surface area contributed by atoms with Gasteiger partial charge < -0.3 is 10.1 Å². The monoisotopic (exact) mass is 205 g/mol. The average molecular weight is 205 g/mol. The minimum absolute atomic E-state index is 0.362. The van der Waals surface area contributed by atoms with Crippen molar-refractivity contribution in [3.63, 3.8) is 0 Å². The molecule has 1 aliphatic rings. The maximum absolute atomic E-state index is 5.32. The van der Waals surface area contributed by atoms with Gasteiger partial charge in [0.05, 0.1) is 7.11 Å². The van der Waals surface area contributed by atoms with Gasteiger partial charge in [-0.15, -0.1) is 0 Å². The van der Waals surface area contributed by atoms with Gasteiger partial charge in [0.15, 0.2) is 0 Å². The fourth-order valence-corrected chi connectivity index (χ4v) is 2.04. The van der Waals surface area contributed by atoms with Gasteiger partial charge in [-0.05, 0) is 32.3 Å². The van der Waals surface area contributed by atoms with Crippen LogP contribution in [-0.4, -0.2) is 12.6 Å². The molecule has 0 aromatic heterocycles. The van der Waals surface area contributed by atoms with E-state index in [0.717, 1.165) is 12.3 Å². The maximum atomic E-state index is 5.32. The van der Waals surface area contributed by atoms with Crippen LogP contribution in [0.4, 0.5) is 0 Å². The Morgan fingerprint density at radius 1 is 1.33 bits per heavy atom. The Hall–Kier alpha value is -1.02. The van der Waals surface area contributed by atoms with Gasteiger partial charge in [0.1, 0.15) is 5.75 Å². The fraction of sp³-hybridized carbons (Fsp3) is 0.538. The predicted octanol–water partition coefficient (Wildman–Crippen LogP) is 2.73. The summed E-state index contributed by atoms with van der Waals surface area (Å²) in [7, 11) is 1.73. The first-order chi connectivity index (χ1) is 7.23. The smallest absolute Gasteiger partial charge is 0.123 e. The summed E-state index contributed by atoms with van der Waals surface area (Å²) in [5.41, 5.74) is 1.61. The van der Waals surface area contributed by atoms with E-state index in [9.17, 15) is 0 Å². The van der Waals surface area contributed by atoms with Gasteiger partial charge in [0, 0.05) is 17.6 Å². The van der Waals surface area contributed by atoms with Crippen molar-refractivity contribution >= 4 is 0 Å². The molecule has 0 atom stereocenters. The Morgan fingerprint density at radius 3 is 2.67 bits per heavy atom. The Morgan fingerprint density at radius 2 is 2.07 bits per heavy atom. The number of rotatable bonds is 4. The first-order valence-corrected chi connectivity index (χ1v) is 5.60. The lowest BCUT2D eigenvalue weighted by Gasteiger charge is -2.39. The Kier molecular flexibility index (Phi) is 2.96. The van der Waals surface area contributed by atoms with Gasteiger partial charge in [-0.2, -0.15) is 0 Å². The largest absolute Gasteiger partial charge is 0.496 e. The van der Waals surface area contributed by atoms with Crippen molar-refractivity contribution in [1.29, 1.82) is 0 Å². The molecule has 1 saturated carbocycles. The molecule has 0 saturated heterocycles. The maximum Gasteiger partial charge on any atom is 0.123 e. The Balaban J connectivity index is 1.98. The summed E-state index contributed by atoms with van der Waals surface area (Å²) in [6, 6.07) is 8.20. The summed E-state index contributed by atoms with van der Waals surface area (Å²) in [5.74, 6) is 0.980. The SMILES string of the molecule is COc1ccccc1CNC1(C)CCC1. The molecule has 0 spiro atoms. The van der Waals surface area contributed by atoms with Gasteiger partial charge in [-0.25, -0.2) is 0 Å². The topological polar surface area (TPSA) is 21.3 Å². The first kappa shape index (κ1) is 10.5. The summed E-state index contributed by atoms with van der Waals surface area (Å²) >= 11 is 0. The minimum atomic E-state index is 0.362. The standard InChI is InChI=1S/C13H19NO/c1-13(8-5-9-13)14-10-11-6-3-4-7-12(11)15-2/h3-4,6-7,14H,5,8-10H2,1-2H3. The van der Waals surface area contributed by atoms with Crippen LogP contribution in [0.15, 0.2) is 24.3 Å². The van der Waals surface area contributed by atoms with E-state index in [1.54, 1.807) is 7.11 Å². The number of hydrogen-bond donors (Lipinski definition) is 1. The zero-order valence-electron chi connectivity index (χ0n) is 9.55. The number of benzene rings is 1. The van der Waals surface area contributed by atoms with Gasteiger partial charge >= 0.3 is 0 Å². The molecule has 2 nitrogen and oxygen atoms in total. The number of ether oxygens (including phenoxy) is 1. The lowest BCUT2D eigenvalue weighted by Crippen LogP contribution is -2.47. The van der Waals surface area contributed by atoms with E-state index >= 15 is 0 Å². The summed E-state index contributed by atoms with van der Waals surface area (Å²) in [4.78, 5) is 0. The van der Waals surface area contributed by atoms with E-state index in [1.165, 1.54) is 24.8 Å². The van der Waals surface area contributed by atoms with Crippen LogP contribution in [0.2, 0.25) is 0 Å². The van der Waals surface area contributed by atoms with Crippen LogP contribution in [0.1, 0.15) is 31.7 Å². The van der Waals surface area contributed by atoms with Crippen molar-refractivity contribution in [2.75, 3.05) is 7.11 Å². The molecular formula is C13H19NO. The molecule has 2 heteroatoms. The summed E-state index contributed by atoms with van der Waals surface area (Å²) in [6.45, 7) is 3.20. The highest BCUT2D eigenvalue weighted by molar-refractivity contribution is 5.33. The molecule has 0 bridgehead atoms. The van der Waals surface area contributed by atoms with Gasteiger partial charge in [0.25, 0.3) is 0 Å². The van der Waals surface area contributed by atoms with Gasteiger partial charge in [0.2, 0.25) is 0 Å². The molecule has 2 rings (SSSR count). The Labute approximate surface area is 91.6 Å². The highest BCUT2D eigenvalue weighted by Crippen LogP contribution is 2.31. The molecule has 1 aromatic carbocycles. The van der Waals surface area contributed by atoms with Crippen molar-refractivity contribution in [3.05, 3.63) is 29.8 Å². The molecule has 0 aliphatic heterocycles. The van der Waals surface area contributed by atoms with Crippen LogP contribution in [0, 0.1) is 0 Å². The Bertz CT molecular complexity index is 331. The molecule has 1 aliphatic carbocycles. The molecule has 0 radical (unpaired) electrons. The molecule has 0 heterocycles. The molecule has 1 aromatic rings. The summed E-state index contributed by atoms with van der Waals surface area (Å²) in [5, 5.41) is 3.61. The molecule has 15 heavy (non-hydrogen) atoms. The lowest BCUT2D eigenvalue weighted by molar-refractivity contribution is 0.206. The third kappa shape index (κ3) is 2.32. The molecule has 82 valence electrons. The highest BCUT2D eigenvalue weighted by Gasteiger charge is 2.30. The highest BCUT2D eigenvalue weighted by atomic mass is 16.5. The molecule has 1 N–H and O–H groups in total. The van der Waals surface area contributed by atoms with E-state index in [4.69, 9.17) is 4.74 Å². The van der Waals surface area contributed by atoms with Crippen LogP contribution < -0.4 is 10.1 Å². The first-order valence-electron chi connectivity index (χ1n) is 5.60. The van der Waals surface area contributed by atoms with Crippen molar-refractivity contribution in [2.45, 2.75) is 38.3 Å². The average Bonchev–Trinajstić information content (AvgIpc) is 2.24. The number of nitrogens with one attached hydrogen (secondary N) is 1. The molecule has 0 amide bonds. The van der Waals surface area contributed by atoms with Gasteiger partial charge in [-0.1, -0.05) is 18.2 Å². The van der Waals surface area contributed by atoms with E-state index < -0.39 is 0 Å². The third-order valence-corrected chi connectivity index (χ3v) is 3.36. The van der Waals surface area contributed by atoms with Crippen LogP contribution in [0.5, 0.6) is 5.75 Å². The van der Waals surface area contributed by atoms with E-state index in [-0.39, 0.29) is 0 Å².